The SMILES string of the molecule is CCN(CC)C(=O)[C@H](C)CCc1ccccc1. The Labute approximate surface area is 105 Å². The molecule has 1 aromatic rings. The number of hydrogen-bond donors (Lipinski definition) is 0. The zero-order valence-corrected chi connectivity index (χ0v) is 11.1. The first-order valence-electron chi connectivity index (χ1n) is 6.51. The van der Waals surface area contributed by atoms with Gasteiger partial charge in [0.15, 0.2) is 0 Å². The standard InChI is InChI=1S/C15H23NO/c1-4-16(5-2)15(17)13(3)11-12-14-9-7-6-8-10-14/h6-10,13H,4-5,11-12H2,1-3H3/t13-/m1/s1. The molecule has 1 amide bonds. The molecule has 0 aliphatic heterocycles. The van der Waals surface area contributed by atoms with Crippen molar-refractivity contribution >= 4 is 5.91 Å². The second kappa shape index (κ2) is 7.10. The van der Waals surface area contributed by atoms with Crippen molar-refractivity contribution in [1.29, 1.82) is 0 Å². The third-order valence-corrected chi connectivity index (χ3v) is 3.21. The second-order valence-corrected chi connectivity index (χ2v) is 4.44. The van der Waals surface area contributed by atoms with Crippen molar-refractivity contribution < 1.29 is 4.79 Å². The summed E-state index contributed by atoms with van der Waals surface area (Å²) < 4.78 is 0. The first-order chi connectivity index (χ1) is 8.19. The molecule has 17 heavy (non-hydrogen) atoms. The van der Waals surface area contributed by atoms with E-state index in [1.165, 1.54) is 5.56 Å². The molecule has 0 spiro atoms. The molecule has 0 aliphatic carbocycles. The van der Waals surface area contributed by atoms with E-state index in [1.807, 2.05) is 43.9 Å². The van der Waals surface area contributed by atoms with Crippen LogP contribution in [0, 0.1) is 5.92 Å². The van der Waals surface area contributed by atoms with Gasteiger partial charge < -0.3 is 4.90 Å². The van der Waals surface area contributed by atoms with Gasteiger partial charge in [0.1, 0.15) is 0 Å². The molecule has 0 bridgehead atoms. The van der Waals surface area contributed by atoms with E-state index in [0.29, 0.717) is 0 Å². The van der Waals surface area contributed by atoms with E-state index >= 15 is 0 Å². The van der Waals surface area contributed by atoms with Crippen LogP contribution in [-0.2, 0) is 11.2 Å². The van der Waals surface area contributed by atoms with Crippen molar-refractivity contribution in [3.8, 4) is 0 Å². The number of carbonyl (C=O) groups is 1. The first-order valence-corrected chi connectivity index (χ1v) is 6.51. The number of aryl methyl sites for hydroxylation is 1. The maximum absolute atomic E-state index is 12.1. The molecule has 0 saturated carbocycles. The van der Waals surface area contributed by atoms with Gasteiger partial charge in [-0.15, -0.1) is 0 Å². The van der Waals surface area contributed by atoms with Gasteiger partial charge in [-0.2, -0.15) is 0 Å². The van der Waals surface area contributed by atoms with Crippen LogP contribution < -0.4 is 0 Å². The fourth-order valence-corrected chi connectivity index (χ4v) is 2.00. The highest BCUT2D eigenvalue weighted by Gasteiger charge is 2.17. The van der Waals surface area contributed by atoms with Crippen molar-refractivity contribution in [2.45, 2.75) is 33.6 Å². The lowest BCUT2D eigenvalue weighted by atomic mass is 10.00. The Morgan fingerprint density at radius 3 is 2.29 bits per heavy atom. The maximum Gasteiger partial charge on any atom is 0.225 e. The zero-order chi connectivity index (χ0) is 12.7. The number of benzene rings is 1. The maximum atomic E-state index is 12.1. The summed E-state index contributed by atoms with van der Waals surface area (Å²) in [6.07, 6.45) is 1.91. The molecule has 2 nitrogen and oxygen atoms in total. The molecule has 0 aromatic heterocycles. The van der Waals surface area contributed by atoms with E-state index in [0.717, 1.165) is 25.9 Å². The summed E-state index contributed by atoms with van der Waals surface area (Å²) in [6.45, 7) is 7.72. The van der Waals surface area contributed by atoms with E-state index in [1.54, 1.807) is 0 Å². The van der Waals surface area contributed by atoms with Crippen LogP contribution in [0.25, 0.3) is 0 Å². The molecule has 0 fully saturated rings. The molecular formula is C15H23NO. The Morgan fingerprint density at radius 1 is 1.18 bits per heavy atom. The van der Waals surface area contributed by atoms with Gasteiger partial charge in [-0.1, -0.05) is 37.3 Å². The molecule has 0 saturated heterocycles. The molecule has 0 N–H and O–H groups in total. The van der Waals surface area contributed by atoms with E-state index in [9.17, 15) is 4.79 Å². The van der Waals surface area contributed by atoms with Crippen LogP contribution in [0.3, 0.4) is 0 Å². The number of carbonyl (C=O) groups excluding carboxylic acids is 1. The second-order valence-electron chi connectivity index (χ2n) is 4.44. The van der Waals surface area contributed by atoms with E-state index in [4.69, 9.17) is 0 Å². The summed E-state index contributed by atoms with van der Waals surface area (Å²) >= 11 is 0. The minimum Gasteiger partial charge on any atom is -0.343 e. The number of nitrogens with zero attached hydrogens (tertiary/aromatic N) is 1. The van der Waals surface area contributed by atoms with Crippen molar-refractivity contribution in [3.05, 3.63) is 35.9 Å². The Morgan fingerprint density at radius 2 is 1.76 bits per heavy atom. The fourth-order valence-electron chi connectivity index (χ4n) is 2.00. The van der Waals surface area contributed by atoms with Gasteiger partial charge in [0.2, 0.25) is 5.91 Å². The summed E-state index contributed by atoms with van der Waals surface area (Å²) in [5.74, 6) is 0.404. The van der Waals surface area contributed by atoms with Gasteiger partial charge in [-0.05, 0) is 32.3 Å². The van der Waals surface area contributed by atoms with Gasteiger partial charge in [-0.3, -0.25) is 4.79 Å². The molecule has 2 heteroatoms. The Kier molecular flexibility index (Phi) is 5.75. The largest absolute Gasteiger partial charge is 0.343 e. The molecule has 0 aliphatic rings. The van der Waals surface area contributed by atoms with Crippen LogP contribution >= 0.6 is 0 Å². The molecule has 0 unspecified atom stereocenters. The first kappa shape index (κ1) is 13.8. The Balaban J connectivity index is 2.44. The predicted octanol–water partition coefficient (Wildman–Crippen LogP) is 3.12. The number of hydrogen-bond acceptors (Lipinski definition) is 1. The van der Waals surface area contributed by atoms with Crippen molar-refractivity contribution in [2.24, 2.45) is 5.92 Å². The minimum absolute atomic E-state index is 0.120. The van der Waals surface area contributed by atoms with E-state index in [-0.39, 0.29) is 11.8 Å². The summed E-state index contributed by atoms with van der Waals surface area (Å²) in [5, 5.41) is 0. The fraction of sp³-hybridized carbons (Fsp3) is 0.533. The third-order valence-electron chi connectivity index (χ3n) is 3.21. The number of rotatable bonds is 6. The van der Waals surface area contributed by atoms with Gasteiger partial charge >= 0.3 is 0 Å². The summed E-state index contributed by atoms with van der Waals surface area (Å²) in [6, 6.07) is 10.4. The highest BCUT2D eigenvalue weighted by atomic mass is 16.2. The molecule has 1 atom stereocenters. The average Bonchev–Trinajstić information content (AvgIpc) is 2.38. The van der Waals surface area contributed by atoms with Gasteiger partial charge in [0.25, 0.3) is 0 Å². The Bertz CT molecular complexity index is 330. The third kappa shape index (κ3) is 4.22. The van der Waals surface area contributed by atoms with Crippen LogP contribution in [0.2, 0.25) is 0 Å². The molecular weight excluding hydrogens is 210 g/mol. The molecule has 94 valence electrons. The average molecular weight is 233 g/mol. The summed E-state index contributed by atoms with van der Waals surface area (Å²) in [5.41, 5.74) is 1.31. The summed E-state index contributed by atoms with van der Waals surface area (Å²) in [4.78, 5) is 14.0. The number of amides is 1. The van der Waals surface area contributed by atoms with Crippen molar-refractivity contribution in [2.75, 3.05) is 13.1 Å². The van der Waals surface area contributed by atoms with Gasteiger partial charge in [0, 0.05) is 19.0 Å². The van der Waals surface area contributed by atoms with E-state index in [2.05, 4.69) is 12.1 Å². The molecule has 1 rings (SSSR count). The van der Waals surface area contributed by atoms with Crippen LogP contribution in [0.5, 0.6) is 0 Å². The topological polar surface area (TPSA) is 20.3 Å². The van der Waals surface area contributed by atoms with E-state index < -0.39 is 0 Å². The predicted molar refractivity (Wildman–Crippen MR) is 71.9 cm³/mol. The van der Waals surface area contributed by atoms with Crippen LogP contribution in [0.1, 0.15) is 32.8 Å². The lowest BCUT2D eigenvalue weighted by molar-refractivity contribution is -0.134. The van der Waals surface area contributed by atoms with Crippen LogP contribution in [0.15, 0.2) is 30.3 Å². The zero-order valence-electron chi connectivity index (χ0n) is 11.1. The van der Waals surface area contributed by atoms with Crippen LogP contribution in [-0.4, -0.2) is 23.9 Å². The highest BCUT2D eigenvalue weighted by Crippen LogP contribution is 2.12. The normalized spacial score (nSPS) is 12.2. The molecule has 0 radical (unpaired) electrons. The van der Waals surface area contributed by atoms with Gasteiger partial charge in [-0.25, -0.2) is 0 Å². The van der Waals surface area contributed by atoms with Crippen molar-refractivity contribution in [3.63, 3.8) is 0 Å². The lowest BCUT2D eigenvalue weighted by Gasteiger charge is -2.22. The van der Waals surface area contributed by atoms with Crippen LogP contribution in [0.4, 0.5) is 0 Å². The Hall–Kier alpha value is -1.31. The molecule has 0 heterocycles. The van der Waals surface area contributed by atoms with Crippen molar-refractivity contribution in [1.82, 2.24) is 4.90 Å². The monoisotopic (exact) mass is 233 g/mol. The minimum atomic E-state index is 0.120. The van der Waals surface area contributed by atoms with Gasteiger partial charge in [0.05, 0.1) is 0 Å². The quantitative estimate of drug-likeness (QED) is 0.739. The smallest absolute Gasteiger partial charge is 0.225 e. The molecule has 1 aromatic carbocycles. The lowest BCUT2D eigenvalue weighted by Crippen LogP contribution is -2.35. The highest BCUT2D eigenvalue weighted by molar-refractivity contribution is 5.78. The summed E-state index contributed by atoms with van der Waals surface area (Å²) in [7, 11) is 0.